The minimum absolute atomic E-state index is 0.228. The summed E-state index contributed by atoms with van der Waals surface area (Å²) < 4.78 is 13.4. The Balaban J connectivity index is 2.15. The topological polar surface area (TPSA) is 44.2 Å². The Kier molecular flexibility index (Phi) is 3.38. The van der Waals surface area contributed by atoms with E-state index in [4.69, 9.17) is 17.0 Å². The number of hydrogen-bond acceptors (Lipinski definition) is 2. The minimum atomic E-state index is -2.18. The number of amidine groups is 1. The van der Waals surface area contributed by atoms with Crippen LogP contribution in [0.4, 0.5) is 5.69 Å². The van der Waals surface area contributed by atoms with Gasteiger partial charge >= 0.3 is 0 Å². The summed E-state index contributed by atoms with van der Waals surface area (Å²) >= 11 is 6.08. The van der Waals surface area contributed by atoms with Crippen LogP contribution in [0.1, 0.15) is 26.2 Å². The maximum atomic E-state index is 13.4. The van der Waals surface area contributed by atoms with Gasteiger partial charge in [0.15, 0.2) is 0 Å². The van der Waals surface area contributed by atoms with Gasteiger partial charge in [-0.15, -0.1) is 0 Å². The van der Waals surface area contributed by atoms with Crippen LogP contribution in [0.5, 0.6) is 0 Å². The molecule has 1 N–H and O–H groups in total. The average Bonchev–Trinajstić information content (AvgIpc) is 2.70. The Labute approximate surface area is 124 Å². The van der Waals surface area contributed by atoms with Crippen molar-refractivity contribution in [1.82, 2.24) is 0 Å². The van der Waals surface area contributed by atoms with E-state index in [9.17, 15) is 4.21 Å². The van der Waals surface area contributed by atoms with Crippen LogP contribution in [0.15, 0.2) is 40.3 Å². The van der Waals surface area contributed by atoms with Crippen molar-refractivity contribution in [2.24, 2.45) is 0 Å². The molecule has 1 aromatic carbocycles. The highest BCUT2D eigenvalue weighted by atomic mass is 35.5. The number of halogens is 1. The summed E-state index contributed by atoms with van der Waals surface area (Å²) in [5.74, 6) is 0.594. The van der Waals surface area contributed by atoms with E-state index in [0.717, 1.165) is 34.7 Å². The Morgan fingerprint density at radius 3 is 2.70 bits per heavy atom. The Hall–Kier alpha value is -1.26. The molecule has 0 aromatic heterocycles. The summed E-state index contributed by atoms with van der Waals surface area (Å²) in [7, 11) is -2.18. The third-order valence-corrected chi connectivity index (χ3v) is 7.36. The van der Waals surface area contributed by atoms with Gasteiger partial charge < -0.3 is 4.90 Å². The van der Waals surface area contributed by atoms with Gasteiger partial charge in [-0.3, -0.25) is 9.62 Å². The van der Waals surface area contributed by atoms with Gasteiger partial charge in [0.25, 0.3) is 0 Å². The van der Waals surface area contributed by atoms with Crippen molar-refractivity contribution in [3.8, 4) is 0 Å². The van der Waals surface area contributed by atoms with E-state index in [1.54, 1.807) is 17.9 Å². The van der Waals surface area contributed by atoms with Crippen molar-refractivity contribution in [1.29, 1.82) is 5.41 Å². The number of hydrogen-bond donors (Lipinski definition) is 1. The number of allylic oxidation sites excluding steroid dienone is 1. The molecule has 20 heavy (non-hydrogen) atoms. The van der Waals surface area contributed by atoms with E-state index >= 15 is 0 Å². The molecule has 1 aliphatic carbocycles. The second-order valence-electron chi connectivity index (χ2n) is 5.08. The molecule has 1 atom stereocenters. The predicted octanol–water partition coefficient (Wildman–Crippen LogP) is 3.58. The van der Waals surface area contributed by atoms with Crippen molar-refractivity contribution < 1.29 is 4.21 Å². The maximum absolute atomic E-state index is 13.4. The molecule has 1 heterocycles. The highest BCUT2D eigenvalue weighted by Gasteiger charge is 2.35. The van der Waals surface area contributed by atoms with Crippen molar-refractivity contribution in [2.75, 3.05) is 10.8 Å². The number of anilines is 1. The van der Waals surface area contributed by atoms with Gasteiger partial charge in [-0.25, -0.2) is 0 Å². The van der Waals surface area contributed by atoms with Crippen LogP contribution < -0.4 is 4.90 Å². The van der Waals surface area contributed by atoms with Gasteiger partial charge in [-0.05, 0) is 43.2 Å². The fourth-order valence-corrected chi connectivity index (χ4v) is 5.76. The number of rotatable bonds is 1. The molecule has 1 aliphatic heterocycles. The molecule has 2 aliphatic rings. The van der Waals surface area contributed by atoms with Gasteiger partial charge in [0, 0.05) is 9.52 Å². The van der Waals surface area contributed by atoms with Gasteiger partial charge in [0.05, 0.1) is 21.5 Å². The molecule has 0 spiro atoms. The summed E-state index contributed by atoms with van der Waals surface area (Å²) in [6.07, 6.45) is 4.72. The zero-order valence-electron chi connectivity index (χ0n) is 11.4. The number of fused-ring (bicyclic) bond motifs is 1. The van der Waals surface area contributed by atoms with E-state index in [1.165, 1.54) is 0 Å². The summed E-state index contributed by atoms with van der Waals surface area (Å²) in [5.41, 5.74) is 0.863. The second kappa shape index (κ2) is 4.93. The quantitative estimate of drug-likeness (QED) is 0.489. The first-order valence-corrected chi connectivity index (χ1v) is 8.82. The standard InChI is InChI=1S/C15H17ClN2OS/c1-2-12(16)15(17)18-10-20(19,11-6-5-7-11)14-9-4-3-8-13(14)18/h2-4,8-9,17H,5-7,10H2,1H3/b12-2+,17-15?. The van der Waals surface area contributed by atoms with Crippen LogP contribution in [-0.4, -0.2) is 20.8 Å². The first-order valence-electron chi connectivity index (χ1n) is 6.72. The predicted molar refractivity (Wildman–Crippen MR) is 86.4 cm³/mol. The van der Waals surface area contributed by atoms with Crippen LogP contribution in [0.25, 0.3) is 0 Å². The number of nitrogens with zero attached hydrogens (tertiary/aromatic N) is 1. The van der Waals surface area contributed by atoms with E-state index in [0.29, 0.717) is 10.9 Å². The van der Waals surface area contributed by atoms with Crippen LogP contribution >= 0.6 is 11.6 Å². The highest BCUT2D eigenvalue weighted by molar-refractivity contribution is 8.03. The lowest BCUT2D eigenvalue weighted by atomic mass is 10.0. The summed E-state index contributed by atoms with van der Waals surface area (Å²) in [6.45, 7) is 1.80. The van der Waals surface area contributed by atoms with Crippen molar-refractivity contribution in [2.45, 2.75) is 31.1 Å². The zero-order chi connectivity index (χ0) is 14.3. The largest absolute Gasteiger partial charge is 0.312 e. The second-order valence-corrected chi connectivity index (χ2v) is 8.11. The van der Waals surface area contributed by atoms with E-state index in [2.05, 4.69) is 0 Å². The third-order valence-electron chi connectivity index (χ3n) is 3.95. The first-order chi connectivity index (χ1) is 9.58. The molecule has 0 radical (unpaired) electrons. The molecule has 1 saturated carbocycles. The molecule has 3 nitrogen and oxygen atoms in total. The van der Waals surface area contributed by atoms with Crippen molar-refractivity contribution >= 4 is 37.5 Å². The fourth-order valence-electron chi connectivity index (χ4n) is 2.63. The normalized spacial score (nSPS) is 25.4. The van der Waals surface area contributed by atoms with Crippen molar-refractivity contribution in [3.63, 3.8) is 0 Å². The SMILES string of the molecule is C/C=C(/Cl)C(=N)N1CS(=O)(=C2CCC2)c2ccccc21. The Bertz CT molecular complexity index is 723. The zero-order valence-corrected chi connectivity index (χ0v) is 12.9. The van der Waals surface area contributed by atoms with Gasteiger partial charge in [0.2, 0.25) is 0 Å². The Morgan fingerprint density at radius 1 is 1.40 bits per heavy atom. The first kappa shape index (κ1) is 13.7. The lowest BCUT2D eigenvalue weighted by Crippen LogP contribution is -2.32. The fraction of sp³-hybridized carbons (Fsp3) is 0.333. The number of nitrogens with one attached hydrogen (secondary N) is 1. The van der Waals surface area contributed by atoms with Crippen LogP contribution in [0.3, 0.4) is 0 Å². The lowest BCUT2D eigenvalue weighted by Gasteiger charge is -2.22. The van der Waals surface area contributed by atoms with Crippen LogP contribution in [0, 0.1) is 5.41 Å². The maximum Gasteiger partial charge on any atom is 0.144 e. The van der Waals surface area contributed by atoms with E-state index in [-0.39, 0.29) is 5.84 Å². The molecule has 1 unspecified atom stereocenters. The molecule has 5 heteroatoms. The molecule has 0 saturated heterocycles. The number of benzene rings is 1. The van der Waals surface area contributed by atoms with Gasteiger partial charge in [-0.2, -0.15) is 0 Å². The smallest absolute Gasteiger partial charge is 0.144 e. The highest BCUT2D eigenvalue weighted by Crippen LogP contribution is 2.38. The lowest BCUT2D eigenvalue weighted by molar-refractivity contribution is 0.680. The van der Waals surface area contributed by atoms with E-state index < -0.39 is 9.52 Å². The molecular formula is C15H17ClN2OS. The molecule has 0 bridgehead atoms. The Morgan fingerprint density at radius 2 is 2.10 bits per heavy atom. The number of para-hydroxylation sites is 1. The van der Waals surface area contributed by atoms with Gasteiger partial charge in [0.1, 0.15) is 5.84 Å². The van der Waals surface area contributed by atoms with Crippen LogP contribution in [-0.2, 0) is 9.52 Å². The van der Waals surface area contributed by atoms with Crippen LogP contribution in [0.2, 0.25) is 0 Å². The monoisotopic (exact) mass is 308 g/mol. The average molecular weight is 309 g/mol. The summed E-state index contributed by atoms with van der Waals surface area (Å²) in [6, 6.07) is 7.69. The molecular weight excluding hydrogens is 292 g/mol. The molecule has 0 amide bonds. The molecule has 1 fully saturated rings. The van der Waals surface area contributed by atoms with E-state index in [1.807, 2.05) is 24.3 Å². The minimum Gasteiger partial charge on any atom is -0.312 e. The summed E-state index contributed by atoms with van der Waals surface area (Å²) in [5, 5.41) is 8.60. The van der Waals surface area contributed by atoms with Crippen molar-refractivity contribution in [3.05, 3.63) is 35.4 Å². The molecule has 106 valence electrons. The summed E-state index contributed by atoms with van der Waals surface area (Å²) in [4.78, 5) is 3.81. The molecule has 1 aromatic rings. The van der Waals surface area contributed by atoms with Gasteiger partial charge in [-0.1, -0.05) is 29.8 Å². The third kappa shape index (κ3) is 1.90. The molecule has 3 rings (SSSR count).